The Kier molecular flexibility index (Phi) is 2.62. The molecule has 0 aromatic carbocycles. The fraction of sp³-hybridized carbons (Fsp3) is 0.556. The first kappa shape index (κ1) is 9.39. The SMILES string of the molecule is Cc1nc(C(C)C)c(=S)[nH]c1C. The largest absolute Gasteiger partial charge is 0.347 e. The predicted molar refractivity (Wildman–Crippen MR) is 53.0 cm³/mol. The second-order valence-corrected chi connectivity index (χ2v) is 3.72. The second-order valence-electron chi connectivity index (χ2n) is 3.32. The maximum Gasteiger partial charge on any atom is 0.125 e. The summed E-state index contributed by atoms with van der Waals surface area (Å²) in [4.78, 5) is 7.58. The fourth-order valence-corrected chi connectivity index (χ4v) is 1.47. The highest BCUT2D eigenvalue weighted by atomic mass is 32.1. The highest BCUT2D eigenvalue weighted by Gasteiger charge is 2.05. The normalized spacial score (nSPS) is 10.8. The molecule has 1 aromatic rings. The van der Waals surface area contributed by atoms with Crippen LogP contribution in [0.5, 0.6) is 0 Å². The monoisotopic (exact) mass is 182 g/mol. The maximum atomic E-state index is 5.16. The van der Waals surface area contributed by atoms with Crippen LogP contribution < -0.4 is 0 Å². The van der Waals surface area contributed by atoms with Gasteiger partial charge >= 0.3 is 0 Å². The lowest BCUT2D eigenvalue weighted by atomic mass is 10.1. The van der Waals surface area contributed by atoms with E-state index in [4.69, 9.17) is 12.2 Å². The van der Waals surface area contributed by atoms with Crippen LogP contribution in [0.4, 0.5) is 0 Å². The van der Waals surface area contributed by atoms with Gasteiger partial charge in [-0.25, -0.2) is 0 Å². The third-order valence-corrected chi connectivity index (χ3v) is 2.22. The Morgan fingerprint density at radius 2 is 1.92 bits per heavy atom. The molecule has 66 valence electrons. The van der Waals surface area contributed by atoms with E-state index in [1.165, 1.54) is 0 Å². The predicted octanol–water partition coefficient (Wildman–Crippen LogP) is 2.88. The van der Waals surface area contributed by atoms with Gasteiger partial charge in [-0.1, -0.05) is 26.1 Å². The summed E-state index contributed by atoms with van der Waals surface area (Å²) in [6, 6.07) is 0. The number of H-pyrrole nitrogens is 1. The first-order valence-electron chi connectivity index (χ1n) is 4.09. The summed E-state index contributed by atoms with van der Waals surface area (Å²) >= 11 is 5.16. The molecule has 3 heteroatoms. The summed E-state index contributed by atoms with van der Waals surface area (Å²) in [5.74, 6) is 0.396. The minimum absolute atomic E-state index is 0.396. The van der Waals surface area contributed by atoms with E-state index in [9.17, 15) is 0 Å². The average Bonchev–Trinajstić information content (AvgIpc) is 1.96. The van der Waals surface area contributed by atoms with Crippen molar-refractivity contribution in [3.8, 4) is 0 Å². The molecule has 0 aliphatic carbocycles. The molecule has 1 aromatic heterocycles. The summed E-state index contributed by atoms with van der Waals surface area (Å²) in [5.41, 5.74) is 3.09. The molecule has 0 bridgehead atoms. The molecule has 1 heterocycles. The van der Waals surface area contributed by atoms with Crippen molar-refractivity contribution in [2.75, 3.05) is 0 Å². The molecule has 0 fully saturated rings. The van der Waals surface area contributed by atoms with Gasteiger partial charge in [-0.3, -0.25) is 4.98 Å². The molecule has 0 amide bonds. The Bertz CT molecular complexity index is 339. The standard InChI is InChI=1S/C9H14N2S/c1-5(2)8-9(12)11-7(4)6(3)10-8/h5H,1-4H3,(H,11,12). The molecule has 0 spiro atoms. The molecular weight excluding hydrogens is 168 g/mol. The minimum Gasteiger partial charge on any atom is -0.347 e. The summed E-state index contributed by atoms with van der Waals surface area (Å²) < 4.78 is 0.771. The Labute approximate surface area is 78.1 Å². The topological polar surface area (TPSA) is 28.7 Å². The van der Waals surface area contributed by atoms with Crippen molar-refractivity contribution < 1.29 is 0 Å². The van der Waals surface area contributed by atoms with Crippen LogP contribution in [-0.2, 0) is 0 Å². The van der Waals surface area contributed by atoms with Crippen molar-refractivity contribution in [3.05, 3.63) is 21.7 Å². The number of rotatable bonds is 1. The van der Waals surface area contributed by atoms with E-state index in [0.29, 0.717) is 5.92 Å². The van der Waals surface area contributed by atoms with Crippen LogP contribution in [0.25, 0.3) is 0 Å². The molecule has 0 saturated heterocycles. The lowest BCUT2D eigenvalue weighted by Crippen LogP contribution is -2.01. The van der Waals surface area contributed by atoms with Gasteiger partial charge in [0.2, 0.25) is 0 Å². The van der Waals surface area contributed by atoms with Crippen LogP contribution >= 0.6 is 12.2 Å². The zero-order valence-electron chi connectivity index (χ0n) is 7.93. The Morgan fingerprint density at radius 3 is 2.42 bits per heavy atom. The third kappa shape index (κ3) is 1.72. The summed E-state index contributed by atoms with van der Waals surface area (Å²) in [7, 11) is 0. The number of nitrogens with one attached hydrogen (secondary N) is 1. The number of hydrogen-bond donors (Lipinski definition) is 1. The first-order chi connectivity index (χ1) is 5.52. The Balaban J connectivity index is 3.33. The lowest BCUT2D eigenvalue weighted by molar-refractivity contribution is 0.790. The number of aryl methyl sites for hydroxylation is 2. The van der Waals surface area contributed by atoms with Crippen molar-refractivity contribution >= 4 is 12.2 Å². The highest BCUT2D eigenvalue weighted by Crippen LogP contribution is 2.13. The smallest absolute Gasteiger partial charge is 0.125 e. The molecule has 0 radical (unpaired) electrons. The molecule has 0 aliphatic rings. The van der Waals surface area contributed by atoms with Crippen molar-refractivity contribution in [3.63, 3.8) is 0 Å². The van der Waals surface area contributed by atoms with E-state index in [1.807, 2.05) is 13.8 Å². The van der Waals surface area contributed by atoms with Crippen LogP contribution in [0.1, 0.15) is 36.8 Å². The van der Waals surface area contributed by atoms with E-state index in [2.05, 4.69) is 23.8 Å². The molecule has 0 aliphatic heterocycles. The summed E-state index contributed by atoms with van der Waals surface area (Å²) in [6.07, 6.45) is 0. The van der Waals surface area contributed by atoms with E-state index in [-0.39, 0.29) is 0 Å². The van der Waals surface area contributed by atoms with Gasteiger partial charge in [0.1, 0.15) is 4.64 Å². The summed E-state index contributed by atoms with van der Waals surface area (Å²) in [6.45, 7) is 8.18. The van der Waals surface area contributed by atoms with Crippen LogP contribution in [0.2, 0.25) is 0 Å². The van der Waals surface area contributed by atoms with Gasteiger partial charge in [0.25, 0.3) is 0 Å². The lowest BCUT2D eigenvalue weighted by Gasteiger charge is -2.07. The van der Waals surface area contributed by atoms with E-state index >= 15 is 0 Å². The van der Waals surface area contributed by atoms with Crippen molar-refractivity contribution in [1.82, 2.24) is 9.97 Å². The van der Waals surface area contributed by atoms with Gasteiger partial charge in [-0.2, -0.15) is 0 Å². The molecule has 0 unspecified atom stereocenters. The van der Waals surface area contributed by atoms with E-state index in [0.717, 1.165) is 21.7 Å². The number of nitrogens with zero attached hydrogens (tertiary/aromatic N) is 1. The fourth-order valence-electron chi connectivity index (χ4n) is 1.03. The van der Waals surface area contributed by atoms with Crippen LogP contribution in [-0.4, -0.2) is 9.97 Å². The Morgan fingerprint density at radius 1 is 1.33 bits per heavy atom. The summed E-state index contributed by atoms with van der Waals surface area (Å²) in [5, 5.41) is 0. The van der Waals surface area contributed by atoms with Gasteiger partial charge in [0, 0.05) is 5.69 Å². The number of hydrogen-bond acceptors (Lipinski definition) is 2. The van der Waals surface area contributed by atoms with Crippen LogP contribution in [0, 0.1) is 18.5 Å². The average molecular weight is 182 g/mol. The second kappa shape index (κ2) is 3.35. The zero-order chi connectivity index (χ0) is 9.30. The molecule has 1 N–H and O–H groups in total. The van der Waals surface area contributed by atoms with Gasteiger partial charge in [-0.15, -0.1) is 0 Å². The molecule has 1 rings (SSSR count). The highest BCUT2D eigenvalue weighted by molar-refractivity contribution is 7.71. The van der Waals surface area contributed by atoms with Crippen molar-refractivity contribution in [1.29, 1.82) is 0 Å². The molecule has 0 saturated carbocycles. The van der Waals surface area contributed by atoms with Gasteiger partial charge in [0.05, 0.1) is 11.4 Å². The molecule has 12 heavy (non-hydrogen) atoms. The van der Waals surface area contributed by atoms with Crippen LogP contribution in [0.15, 0.2) is 0 Å². The first-order valence-corrected chi connectivity index (χ1v) is 4.50. The van der Waals surface area contributed by atoms with Gasteiger partial charge < -0.3 is 4.98 Å². The quantitative estimate of drug-likeness (QED) is 0.676. The van der Waals surface area contributed by atoms with E-state index in [1.54, 1.807) is 0 Å². The molecule has 0 atom stereocenters. The maximum absolute atomic E-state index is 5.16. The number of aromatic nitrogens is 2. The Hall–Kier alpha value is -0.700. The van der Waals surface area contributed by atoms with E-state index < -0.39 is 0 Å². The number of aromatic amines is 1. The third-order valence-electron chi connectivity index (χ3n) is 1.91. The molecular formula is C9H14N2S. The zero-order valence-corrected chi connectivity index (χ0v) is 8.75. The van der Waals surface area contributed by atoms with Crippen LogP contribution in [0.3, 0.4) is 0 Å². The minimum atomic E-state index is 0.396. The van der Waals surface area contributed by atoms with Gasteiger partial charge in [0.15, 0.2) is 0 Å². The van der Waals surface area contributed by atoms with Gasteiger partial charge in [-0.05, 0) is 19.8 Å². The van der Waals surface area contributed by atoms with Crippen molar-refractivity contribution in [2.24, 2.45) is 0 Å². The van der Waals surface area contributed by atoms with Crippen molar-refractivity contribution in [2.45, 2.75) is 33.6 Å². The molecule has 2 nitrogen and oxygen atoms in total.